The standard InChI is InChI=1S/C18H24O4.C16H18O3.C13H14O.3C13H16.C8H14N4.CH5N/c1-3-21-17(19)11-13-9-14-7-5-6-8-16(14)15(10-13)12-18(20)22-4-2;1-2-19-16(18)15-12-7-10-5-3-4-6-13(10)11(8-12)9-14(15)17;14-12-7-9-5-10-3-1-2-4-13(10)11(6-9)8-12;3*1-2-7-13-11(5-1)8-10-4-3-6-12(13)9-10;1-4-12(3)7-5-6-10-8(9-2)11-7;1-2/h5-8,13,15H,3-4,9-12H2,1-2H3;3-6,11-12,15H,2,7-9H2,1H3;1-4,9,11H,5-8H2;3*1-2,5,7,10,12H,3-4,6,8-9H2;5-6H,4H2,1-3H3,(H,9,10,11);2H2,1H3/i;;;;;;5D;. The van der Waals surface area contributed by atoms with Crippen LogP contribution in [0.15, 0.2) is 163 Å². The summed E-state index contributed by atoms with van der Waals surface area (Å²) in [5, 5.41) is 0. The van der Waals surface area contributed by atoms with Crippen LogP contribution >= 0.6 is 0 Å². The molecule has 1 aromatic heterocycles. The molecule has 5 saturated carbocycles. The van der Waals surface area contributed by atoms with Crippen LogP contribution in [0.3, 0.4) is 0 Å². The third-order valence-corrected chi connectivity index (χ3v) is 25.1. The highest BCUT2D eigenvalue weighted by atomic mass is 16.5. The van der Waals surface area contributed by atoms with Crippen molar-refractivity contribution in [2.45, 2.75) is 230 Å². The van der Waals surface area contributed by atoms with E-state index in [-0.39, 0.29) is 41.4 Å². The molecule has 1 heterocycles. The van der Waals surface area contributed by atoms with E-state index in [1.165, 1.54) is 143 Å². The van der Waals surface area contributed by atoms with Crippen LogP contribution in [0.25, 0.3) is 0 Å². The molecule has 0 spiro atoms. The number of ketones is 2. The van der Waals surface area contributed by atoms with Gasteiger partial charge in [0.2, 0.25) is 5.62 Å². The van der Waals surface area contributed by atoms with Gasteiger partial charge in [-0.1, -0.05) is 184 Å². The molecule has 13 heteroatoms. The fraction of sp³-hybridized carbons (Fsp3) is 0.526. The highest BCUT2D eigenvalue weighted by molar-refractivity contribution is 6.00. The van der Waals surface area contributed by atoms with E-state index >= 15 is 0 Å². The Hall–Kier alpha value is -8.29. The van der Waals surface area contributed by atoms with Gasteiger partial charge in [0.1, 0.15) is 23.3 Å². The second kappa shape index (κ2) is 40.4. The van der Waals surface area contributed by atoms with Crippen molar-refractivity contribution >= 4 is 35.3 Å². The van der Waals surface area contributed by atoms with Crippen LogP contribution in [0.2, 0.25) is 0 Å². The Labute approximate surface area is 646 Å². The fourth-order valence-corrected chi connectivity index (χ4v) is 20.3. The Kier molecular flexibility index (Phi) is 29.7. The van der Waals surface area contributed by atoms with Gasteiger partial charge in [-0.25, -0.2) is 0 Å². The molecule has 7 aromatic rings. The molecular formula is C95H123N5O8. The Morgan fingerprint density at radius 2 is 0.889 bits per heavy atom. The van der Waals surface area contributed by atoms with E-state index < -0.39 is 5.92 Å². The summed E-state index contributed by atoms with van der Waals surface area (Å²) in [6, 6.07) is 52.7. The number of benzene rings is 6. The lowest BCUT2D eigenvalue weighted by atomic mass is 9.64. The van der Waals surface area contributed by atoms with Gasteiger partial charge in [0.05, 0.1) is 27.6 Å². The molecular weight excluding hydrogens is 1340 g/mol. The third kappa shape index (κ3) is 21.4. The first-order valence-electron chi connectivity index (χ1n) is 41.9. The maximum atomic E-state index is 12.2. The topological polar surface area (TPSA) is 183 Å². The molecule has 10 bridgehead atoms. The van der Waals surface area contributed by atoms with Crippen molar-refractivity contribution in [3.63, 3.8) is 0 Å². The summed E-state index contributed by atoms with van der Waals surface area (Å²) < 4.78 is 22.8. The summed E-state index contributed by atoms with van der Waals surface area (Å²) in [7, 11) is 5.07. The molecule has 11 aliphatic rings. The number of aromatic nitrogens is 2. The number of hydrogen-bond donors (Lipinski definition) is 2. The number of carbonyl (C=O) groups excluding carboxylic acids is 5. The smallest absolute Gasteiger partial charge is 0.316 e. The number of carbonyl (C=O) groups is 5. The Bertz CT molecular complexity index is 4070. The van der Waals surface area contributed by atoms with Gasteiger partial charge in [-0.15, -0.1) is 0 Å². The van der Waals surface area contributed by atoms with Crippen LogP contribution in [-0.2, 0) is 76.7 Å². The first-order chi connectivity index (χ1) is 53.1. The number of nitrogens with one attached hydrogen (secondary N) is 1. The molecule has 5 fully saturated rings. The van der Waals surface area contributed by atoms with Crippen LogP contribution in [0.5, 0.6) is 0 Å². The average Bonchev–Trinajstić information content (AvgIpc) is 0.750. The molecule has 11 aliphatic carbocycles. The molecule has 0 amide bonds. The van der Waals surface area contributed by atoms with Gasteiger partial charge in [0.15, 0.2) is 0 Å². The molecule has 0 aliphatic heterocycles. The highest BCUT2D eigenvalue weighted by Gasteiger charge is 2.46. The first kappa shape index (κ1) is 79.3. The summed E-state index contributed by atoms with van der Waals surface area (Å²) in [5.41, 5.74) is 22.9. The van der Waals surface area contributed by atoms with Crippen LogP contribution in [0.1, 0.15) is 260 Å². The molecule has 6 aromatic carbocycles. The van der Waals surface area contributed by atoms with E-state index in [9.17, 15) is 24.0 Å². The zero-order chi connectivity index (χ0) is 76.8. The van der Waals surface area contributed by atoms with E-state index in [4.69, 9.17) is 15.6 Å². The molecule has 13 unspecified atom stereocenters. The minimum atomic E-state index is -0.537. The molecule has 576 valence electrons. The van der Waals surface area contributed by atoms with Gasteiger partial charge in [-0.05, 0) is 275 Å². The third-order valence-electron chi connectivity index (χ3n) is 25.1. The molecule has 3 N–H and O–H groups in total. The number of rotatable bonds is 10. The predicted octanol–water partition coefficient (Wildman–Crippen LogP) is 18.9. The van der Waals surface area contributed by atoms with E-state index in [0.717, 1.165) is 87.0 Å². The molecule has 108 heavy (non-hydrogen) atoms. The first-order valence-corrected chi connectivity index (χ1v) is 41.4. The number of ether oxygens (including phenoxy) is 3. The van der Waals surface area contributed by atoms with Crippen LogP contribution in [0.4, 0.5) is 5.82 Å². The summed E-state index contributed by atoms with van der Waals surface area (Å²) in [6.45, 7) is 9.41. The quantitative estimate of drug-likeness (QED) is 0.0755. The van der Waals surface area contributed by atoms with Crippen molar-refractivity contribution in [2.75, 3.05) is 52.4 Å². The maximum Gasteiger partial charge on any atom is 0.316 e. The van der Waals surface area contributed by atoms with Crippen molar-refractivity contribution < 1.29 is 39.6 Å². The Morgan fingerprint density at radius 1 is 0.481 bits per heavy atom. The number of Topliss-reactive ketones (excluding diaryl/α,β-unsaturated/α-hetero) is 2. The normalized spacial score (nSPS) is 25.7. The van der Waals surface area contributed by atoms with Crippen molar-refractivity contribution in [3.05, 3.63) is 230 Å². The lowest BCUT2D eigenvalue weighted by Gasteiger charge is -2.39. The number of H-pyrrole nitrogens is 1. The second-order valence-corrected chi connectivity index (χ2v) is 32.2. The Morgan fingerprint density at radius 3 is 1.35 bits per heavy atom. The lowest BCUT2D eigenvalue weighted by Crippen LogP contribution is -2.42. The average molecular weight is 1460 g/mol. The van der Waals surface area contributed by atoms with Gasteiger partial charge in [0.25, 0.3) is 0 Å². The monoisotopic (exact) mass is 1460 g/mol. The molecule has 18 rings (SSSR count). The van der Waals surface area contributed by atoms with Crippen molar-refractivity contribution in [1.29, 1.82) is 0 Å². The van der Waals surface area contributed by atoms with Gasteiger partial charge < -0.3 is 29.8 Å². The summed E-state index contributed by atoms with van der Waals surface area (Å²) in [6.07, 6.45) is 31.9. The number of fused-ring (bicyclic) bond motifs is 21. The maximum absolute atomic E-state index is 12.2. The predicted molar refractivity (Wildman–Crippen MR) is 433 cm³/mol. The van der Waals surface area contributed by atoms with E-state index in [1.807, 2.05) is 57.0 Å². The highest BCUT2D eigenvalue weighted by Crippen LogP contribution is 2.49. The second-order valence-electron chi connectivity index (χ2n) is 32.2. The molecule has 0 saturated heterocycles. The fourth-order valence-electron chi connectivity index (χ4n) is 20.3. The minimum Gasteiger partial charge on any atom is -0.466 e. The van der Waals surface area contributed by atoms with Crippen molar-refractivity contribution in [1.82, 2.24) is 9.97 Å². The number of nitrogens with two attached hydrogens (primary N) is 1. The van der Waals surface area contributed by atoms with Gasteiger partial charge >= 0.3 is 17.9 Å². The lowest BCUT2D eigenvalue weighted by molar-refractivity contribution is -0.156. The zero-order valence-electron chi connectivity index (χ0n) is 66.8. The van der Waals surface area contributed by atoms with Gasteiger partial charge in [-0.2, -0.15) is 4.98 Å². The SMILES string of the molecule is CCOC(=O)C1C(=O)CC2CC1Cc1ccccc12.CCOC(=O)CC1Cc2ccccc2C(CC(=O)OCC)C1.CN.O=C1CC2Cc3ccccc3C(C1)C2.[2H]c1c[nH]c(=NC)nc1N(C)CC.c1ccc2c(c1)CC1CCCC2C1.c1ccc2c(c1)CC1CCCC2C1.c1ccc2c(c1)CC1CCCC2C1. The van der Waals surface area contributed by atoms with E-state index in [1.54, 1.807) is 53.5 Å². The molecule has 13 nitrogen and oxygen atoms in total. The van der Waals surface area contributed by atoms with Crippen LogP contribution in [-0.4, -0.2) is 87.0 Å². The summed E-state index contributed by atoms with van der Waals surface area (Å²) in [4.78, 5) is 72.1. The van der Waals surface area contributed by atoms with Crippen LogP contribution < -0.4 is 16.3 Å². The van der Waals surface area contributed by atoms with Crippen molar-refractivity contribution in [3.8, 4) is 0 Å². The van der Waals surface area contributed by atoms with E-state index in [2.05, 4.69) is 142 Å². The molecule has 0 radical (unpaired) electrons. The number of hydrogen-bond acceptors (Lipinski definition) is 12. The zero-order valence-corrected chi connectivity index (χ0v) is 65.8. The van der Waals surface area contributed by atoms with Crippen LogP contribution in [0, 0.1) is 41.4 Å². The number of nitrogens with zero attached hydrogens (tertiary/aromatic N) is 3. The Balaban J connectivity index is 0.000000127. The number of esters is 3. The van der Waals surface area contributed by atoms with E-state index in [0.29, 0.717) is 80.1 Å². The number of anilines is 1. The van der Waals surface area contributed by atoms with Gasteiger partial charge in [-0.3, -0.25) is 29.0 Å². The van der Waals surface area contributed by atoms with Crippen molar-refractivity contribution in [2.24, 2.45) is 52.2 Å². The summed E-state index contributed by atoms with van der Waals surface area (Å²) in [5.74, 6) is 7.71. The minimum absolute atomic E-state index is 0.0641. The van der Waals surface area contributed by atoms with Gasteiger partial charge in [0, 0.05) is 52.5 Å². The molecule has 13 atom stereocenters. The summed E-state index contributed by atoms with van der Waals surface area (Å²) >= 11 is 0. The largest absolute Gasteiger partial charge is 0.466 e. The number of aromatic amines is 1.